The van der Waals surface area contributed by atoms with Crippen LogP contribution in [-0.2, 0) is 0 Å². The Hall–Kier alpha value is -1.89. The Labute approximate surface area is 103 Å². The maximum atomic E-state index is 5.60. The van der Waals surface area contributed by atoms with Gasteiger partial charge in [0.1, 0.15) is 10.8 Å². The summed E-state index contributed by atoms with van der Waals surface area (Å²) in [5, 5.41) is 4.27. The predicted molar refractivity (Wildman–Crippen MR) is 66.9 cm³/mol. The summed E-state index contributed by atoms with van der Waals surface area (Å²) in [5.41, 5.74) is 6.62. The Morgan fingerprint density at radius 3 is 2.59 bits per heavy atom. The molecule has 7 heteroatoms. The normalized spacial score (nSPS) is 10.2. The highest BCUT2D eigenvalue weighted by Crippen LogP contribution is 2.24. The molecule has 17 heavy (non-hydrogen) atoms. The van der Waals surface area contributed by atoms with Gasteiger partial charge < -0.3 is 11.1 Å². The van der Waals surface area contributed by atoms with Crippen LogP contribution < -0.4 is 11.1 Å². The largest absolute Gasteiger partial charge is 0.373 e. The minimum atomic E-state index is 0.228. The van der Waals surface area contributed by atoms with Crippen LogP contribution in [-0.4, -0.2) is 27.0 Å². The van der Waals surface area contributed by atoms with E-state index in [1.54, 1.807) is 25.5 Å². The molecule has 0 bridgehead atoms. The van der Waals surface area contributed by atoms with E-state index < -0.39 is 0 Å². The number of aromatic nitrogens is 4. The second-order valence-corrected chi connectivity index (χ2v) is 4.33. The number of nitrogens with one attached hydrogen (secondary N) is 1. The van der Waals surface area contributed by atoms with E-state index in [-0.39, 0.29) is 5.95 Å². The van der Waals surface area contributed by atoms with Gasteiger partial charge in [0.15, 0.2) is 5.16 Å². The topological polar surface area (TPSA) is 89.6 Å². The van der Waals surface area contributed by atoms with E-state index >= 15 is 0 Å². The molecule has 0 aliphatic heterocycles. The summed E-state index contributed by atoms with van der Waals surface area (Å²) in [5.74, 6) is 0.901. The highest BCUT2D eigenvalue weighted by molar-refractivity contribution is 7.99. The third-order valence-corrected chi connectivity index (χ3v) is 2.74. The predicted octanol–water partition coefficient (Wildman–Crippen LogP) is 1.35. The molecule has 6 nitrogen and oxygen atoms in total. The summed E-state index contributed by atoms with van der Waals surface area (Å²) in [4.78, 5) is 16.5. The van der Waals surface area contributed by atoms with E-state index in [1.807, 2.05) is 6.92 Å². The molecule has 0 amide bonds. The second kappa shape index (κ2) is 4.96. The Bertz CT molecular complexity index is 513. The molecule has 2 aromatic heterocycles. The lowest BCUT2D eigenvalue weighted by Crippen LogP contribution is -2.00. The first kappa shape index (κ1) is 11.6. The molecule has 3 N–H and O–H groups in total. The number of aryl methyl sites for hydroxylation is 1. The molecule has 2 aromatic rings. The summed E-state index contributed by atoms with van der Waals surface area (Å²) in [6, 6.07) is 1.80. The molecule has 2 heterocycles. The summed E-state index contributed by atoms with van der Waals surface area (Å²) < 4.78 is 0. The van der Waals surface area contributed by atoms with Crippen LogP contribution in [0.15, 0.2) is 28.6 Å². The maximum Gasteiger partial charge on any atom is 0.223 e. The number of rotatable bonds is 3. The van der Waals surface area contributed by atoms with Crippen LogP contribution in [0.5, 0.6) is 0 Å². The second-order valence-electron chi connectivity index (χ2n) is 3.34. The molecule has 0 fully saturated rings. The fourth-order valence-electron chi connectivity index (χ4n) is 1.15. The zero-order valence-corrected chi connectivity index (χ0v) is 10.3. The van der Waals surface area contributed by atoms with Gasteiger partial charge in [-0.05, 0) is 24.2 Å². The van der Waals surface area contributed by atoms with Crippen LogP contribution in [0.1, 0.15) is 5.56 Å². The van der Waals surface area contributed by atoms with E-state index in [9.17, 15) is 0 Å². The fraction of sp³-hybridized carbons (Fsp3) is 0.200. The molecule has 0 unspecified atom stereocenters. The van der Waals surface area contributed by atoms with Crippen molar-refractivity contribution >= 4 is 23.5 Å². The number of nitrogen functional groups attached to an aromatic ring is 1. The van der Waals surface area contributed by atoms with Gasteiger partial charge in [-0.2, -0.15) is 4.98 Å². The lowest BCUT2D eigenvalue weighted by molar-refractivity contribution is 0.942. The average molecular weight is 248 g/mol. The van der Waals surface area contributed by atoms with E-state index in [2.05, 4.69) is 25.3 Å². The molecule has 2 rings (SSSR count). The summed E-state index contributed by atoms with van der Waals surface area (Å²) in [6.45, 7) is 1.94. The third-order valence-electron chi connectivity index (χ3n) is 1.93. The van der Waals surface area contributed by atoms with Gasteiger partial charge in [-0.3, -0.25) is 0 Å². The monoisotopic (exact) mass is 248 g/mol. The first-order chi connectivity index (χ1) is 8.17. The highest BCUT2D eigenvalue weighted by atomic mass is 32.2. The summed E-state index contributed by atoms with van der Waals surface area (Å²) in [6.07, 6.45) is 3.53. The number of anilines is 2. The molecule has 0 aliphatic carbocycles. The first-order valence-electron chi connectivity index (χ1n) is 4.96. The quantitative estimate of drug-likeness (QED) is 0.626. The average Bonchev–Trinajstić information content (AvgIpc) is 2.31. The van der Waals surface area contributed by atoms with Gasteiger partial charge in [0.05, 0.1) is 0 Å². The lowest BCUT2D eigenvalue weighted by atomic mass is 10.4. The van der Waals surface area contributed by atoms with Gasteiger partial charge in [0, 0.05) is 25.5 Å². The molecule has 0 atom stereocenters. The summed E-state index contributed by atoms with van der Waals surface area (Å²) in [7, 11) is 1.78. The van der Waals surface area contributed by atoms with Crippen molar-refractivity contribution in [2.24, 2.45) is 0 Å². The van der Waals surface area contributed by atoms with Gasteiger partial charge in [-0.15, -0.1) is 0 Å². The zero-order chi connectivity index (χ0) is 12.3. The zero-order valence-electron chi connectivity index (χ0n) is 9.51. The Balaban J connectivity index is 2.23. The van der Waals surface area contributed by atoms with Crippen molar-refractivity contribution in [3.05, 3.63) is 24.0 Å². The van der Waals surface area contributed by atoms with Crippen molar-refractivity contribution in [1.29, 1.82) is 0 Å². The molecule has 0 radical (unpaired) electrons. The Kier molecular flexibility index (Phi) is 3.38. The Morgan fingerprint density at radius 1 is 1.24 bits per heavy atom. The number of hydrogen-bond donors (Lipinski definition) is 2. The van der Waals surface area contributed by atoms with E-state index in [1.165, 1.54) is 11.8 Å². The van der Waals surface area contributed by atoms with Gasteiger partial charge >= 0.3 is 0 Å². The summed E-state index contributed by atoms with van der Waals surface area (Å²) >= 11 is 1.35. The van der Waals surface area contributed by atoms with Crippen molar-refractivity contribution in [1.82, 2.24) is 19.9 Å². The molecule has 0 saturated heterocycles. The van der Waals surface area contributed by atoms with Crippen LogP contribution >= 0.6 is 11.8 Å². The van der Waals surface area contributed by atoms with Crippen molar-refractivity contribution in [3.8, 4) is 0 Å². The molecule has 0 aromatic carbocycles. The van der Waals surface area contributed by atoms with E-state index in [0.717, 1.165) is 5.56 Å². The van der Waals surface area contributed by atoms with Gasteiger partial charge in [0.2, 0.25) is 5.95 Å². The minimum absolute atomic E-state index is 0.228. The van der Waals surface area contributed by atoms with E-state index in [4.69, 9.17) is 5.73 Å². The molecule has 0 aliphatic rings. The van der Waals surface area contributed by atoms with Gasteiger partial charge in [-0.25, -0.2) is 15.0 Å². The van der Waals surface area contributed by atoms with Crippen molar-refractivity contribution in [3.63, 3.8) is 0 Å². The third kappa shape index (κ3) is 3.04. The van der Waals surface area contributed by atoms with Crippen LogP contribution in [0.3, 0.4) is 0 Å². The highest BCUT2D eigenvalue weighted by Gasteiger charge is 2.05. The van der Waals surface area contributed by atoms with E-state index in [0.29, 0.717) is 16.0 Å². The fourth-order valence-corrected chi connectivity index (χ4v) is 1.86. The Morgan fingerprint density at radius 2 is 1.94 bits per heavy atom. The first-order valence-corrected chi connectivity index (χ1v) is 5.78. The standard InChI is InChI=1S/C10H12N6S/c1-6-4-13-10(14-5-6)17-8-3-7(12-2)15-9(11)16-8/h3-5H,1-2H3,(H3,11,12,15,16). The van der Waals surface area contributed by atoms with Crippen LogP contribution in [0.4, 0.5) is 11.8 Å². The molecular weight excluding hydrogens is 236 g/mol. The van der Waals surface area contributed by atoms with Crippen molar-refractivity contribution < 1.29 is 0 Å². The SMILES string of the molecule is CNc1cc(Sc2ncc(C)cn2)nc(N)n1. The molecule has 0 saturated carbocycles. The van der Waals surface area contributed by atoms with Gasteiger partial charge in [-0.1, -0.05) is 0 Å². The van der Waals surface area contributed by atoms with Crippen molar-refractivity contribution in [2.45, 2.75) is 17.1 Å². The number of nitrogens with zero attached hydrogens (tertiary/aromatic N) is 4. The smallest absolute Gasteiger partial charge is 0.223 e. The molecule has 0 spiro atoms. The van der Waals surface area contributed by atoms with Crippen molar-refractivity contribution in [2.75, 3.05) is 18.1 Å². The van der Waals surface area contributed by atoms with Crippen LogP contribution in [0.25, 0.3) is 0 Å². The lowest BCUT2D eigenvalue weighted by Gasteiger charge is -2.04. The number of nitrogens with two attached hydrogens (primary N) is 1. The van der Waals surface area contributed by atoms with Gasteiger partial charge in [0.25, 0.3) is 0 Å². The number of hydrogen-bond acceptors (Lipinski definition) is 7. The molecule has 88 valence electrons. The minimum Gasteiger partial charge on any atom is -0.373 e. The maximum absolute atomic E-state index is 5.60. The van der Waals surface area contributed by atoms with Crippen LogP contribution in [0.2, 0.25) is 0 Å². The molecular formula is C10H12N6S. The van der Waals surface area contributed by atoms with Crippen LogP contribution in [0, 0.1) is 6.92 Å².